The lowest BCUT2D eigenvalue weighted by atomic mass is 10.4. The van der Waals surface area contributed by atoms with E-state index in [4.69, 9.17) is 15.7 Å². The molecule has 0 radical (unpaired) electrons. The third-order valence-electron chi connectivity index (χ3n) is 1.36. The van der Waals surface area contributed by atoms with E-state index in [1.54, 1.807) is 0 Å². The lowest BCUT2D eigenvalue weighted by Gasteiger charge is -2.09. The van der Waals surface area contributed by atoms with Gasteiger partial charge in [-0.15, -0.1) is 0 Å². The summed E-state index contributed by atoms with van der Waals surface area (Å²) in [7, 11) is -2.05. The van der Waals surface area contributed by atoms with Gasteiger partial charge >= 0.3 is 5.97 Å². The van der Waals surface area contributed by atoms with Gasteiger partial charge in [0.1, 0.15) is 6.10 Å². The van der Waals surface area contributed by atoms with Crippen LogP contribution in [0.2, 0.25) is 0 Å². The predicted molar refractivity (Wildman–Crippen MR) is 38.8 cm³/mol. The van der Waals surface area contributed by atoms with Gasteiger partial charge in [-0.05, 0) is 6.92 Å². The molecule has 0 aliphatic carbocycles. The van der Waals surface area contributed by atoms with E-state index in [1.807, 2.05) is 0 Å². The Morgan fingerprint density at radius 2 is 2.25 bits per heavy atom. The Kier molecular flexibility index (Phi) is 2.18. The number of aliphatic hydroxyl groups is 1. The summed E-state index contributed by atoms with van der Waals surface area (Å²) >= 11 is 0. The molecule has 1 aliphatic rings. The van der Waals surface area contributed by atoms with Crippen LogP contribution < -0.4 is 5.73 Å². The van der Waals surface area contributed by atoms with Crippen LogP contribution in [0.5, 0.6) is 0 Å². The number of rotatable bonds is 2. The highest BCUT2D eigenvalue weighted by Gasteiger charge is 2.68. The quantitative estimate of drug-likeness (QED) is 0.278. The zero-order valence-corrected chi connectivity index (χ0v) is 7.12. The van der Waals surface area contributed by atoms with Gasteiger partial charge in [0.2, 0.25) is 0 Å². The topological polar surface area (TPSA) is 110 Å². The number of aliphatic hydroxyl groups excluding tert-OH is 1. The molecule has 0 amide bonds. The maximum Gasteiger partial charge on any atom is 0.337 e. The number of carbonyl (C=O) groups is 2. The van der Waals surface area contributed by atoms with E-state index in [-0.39, 0.29) is 0 Å². The largest absolute Gasteiger partial charge is 0.427 e. The van der Waals surface area contributed by atoms with Crippen LogP contribution in [0, 0.1) is 0 Å². The minimum atomic E-state index is -2.05. The fourth-order valence-corrected chi connectivity index (χ4v) is 1.33. The van der Waals surface area contributed by atoms with Crippen molar-refractivity contribution >= 4 is 19.6 Å². The zero-order chi connectivity index (χ0) is 9.52. The van der Waals surface area contributed by atoms with Gasteiger partial charge in [-0.3, -0.25) is 10.5 Å². The van der Waals surface area contributed by atoms with Crippen molar-refractivity contribution in [2.24, 2.45) is 5.73 Å². The van der Waals surface area contributed by atoms with Crippen LogP contribution >= 0.6 is 8.15 Å². The number of hydrogen-bond donors (Lipinski definition) is 3. The van der Waals surface area contributed by atoms with Crippen LogP contribution in [0.4, 0.5) is 0 Å². The van der Waals surface area contributed by atoms with Gasteiger partial charge in [-0.2, -0.15) is 0 Å². The van der Waals surface area contributed by atoms with E-state index in [2.05, 4.69) is 4.74 Å². The van der Waals surface area contributed by atoms with Gasteiger partial charge in [-0.1, -0.05) is 0 Å². The van der Waals surface area contributed by atoms with Crippen molar-refractivity contribution in [3.8, 4) is 0 Å². The van der Waals surface area contributed by atoms with Crippen LogP contribution in [0.1, 0.15) is 6.92 Å². The van der Waals surface area contributed by atoms with Crippen LogP contribution in [0.25, 0.3) is 0 Å². The van der Waals surface area contributed by atoms with Gasteiger partial charge < -0.3 is 14.7 Å². The summed E-state index contributed by atoms with van der Waals surface area (Å²) in [4.78, 5) is 30.1. The van der Waals surface area contributed by atoms with Gasteiger partial charge in [0, 0.05) is 0 Å². The molecule has 1 heterocycles. The molecule has 7 heteroatoms. The Morgan fingerprint density at radius 1 is 1.83 bits per heavy atom. The number of carbonyl (C=O) groups excluding carboxylic acids is 2. The average Bonchev–Trinajstić information content (AvgIpc) is 2.41. The minimum Gasteiger partial charge on any atom is -0.427 e. The molecule has 0 aromatic carbocycles. The Bertz CT molecular complexity index is 242. The summed E-state index contributed by atoms with van der Waals surface area (Å²) in [6, 6.07) is 0. The van der Waals surface area contributed by atoms with Crippen molar-refractivity contribution in [1.82, 2.24) is 0 Å². The first-order valence-electron chi connectivity index (χ1n) is 3.13. The third kappa shape index (κ3) is 1.34. The van der Waals surface area contributed by atoms with Crippen LogP contribution in [0.3, 0.4) is 0 Å². The summed E-state index contributed by atoms with van der Waals surface area (Å²) in [6.07, 6.45) is -1.35. The first-order valence-corrected chi connectivity index (χ1v) is 4.42. The summed E-state index contributed by atoms with van der Waals surface area (Å²) in [5, 5.41) is 8.67. The summed E-state index contributed by atoms with van der Waals surface area (Å²) < 4.78 is 4.35. The summed E-state index contributed by atoms with van der Waals surface area (Å²) in [6.45, 7) is 1.18. The van der Waals surface area contributed by atoms with Crippen molar-refractivity contribution in [3.63, 3.8) is 0 Å². The van der Waals surface area contributed by atoms with E-state index in [0.717, 1.165) is 0 Å². The first-order chi connectivity index (χ1) is 5.39. The Morgan fingerprint density at radius 3 is 2.50 bits per heavy atom. The van der Waals surface area contributed by atoms with E-state index >= 15 is 0 Å². The first kappa shape index (κ1) is 9.54. The molecule has 0 aromatic rings. The second-order valence-corrected chi connectivity index (χ2v) is 4.10. The molecule has 0 spiro atoms. The molecule has 0 saturated carbocycles. The SMILES string of the molecule is CC(O)C(=O)OC1(N)C(=O)P1O. The zero-order valence-electron chi connectivity index (χ0n) is 6.22. The van der Waals surface area contributed by atoms with E-state index in [0.29, 0.717) is 0 Å². The predicted octanol–water partition coefficient (Wildman–Crippen LogP) is -1.55. The molecule has 1 rings (SSSR count). The molecule has 0 aromatic heterocycles. The molecule has 68 valence electrons. The van der Waals surface area contributed by atoms with E-state index in [1.165, 1.54) is 6.92 Å². The highest BCUT2D eigenvalue weighted by molar-refractivity contribution is 7.84. The van der Waals surface area contributed by atoms with E-state index < -0.39 is 31.2 Å². The highest BCUT2D eigenvalue weighted by atomic mass is 31.2. The molecular formula is C5H8NO5P. The molecule has 3 unspecified atom stereocenters. The van der Waals surface area contributed by atoms with E-state index in [9.17, 15) is 9.59 Å². The van der Waals surface area contributed by atoms with Gasteiger partial charge in [0.05, 0.1) is 0 Å². The second-order valence-electron chi connectivity index (χ2n) is 2.41. The number of esters is 1. The molecule has 1 aliphatic heterocycles. The molecule has 1 fully saturated rings. The van der Waals surface area contributed by atoms with Crippen LogP contribution in [0.15, 0.2) is 0 Å². The normalized spacial score (nSPS) is 36.0. The third-order valence-corrected chi connectivity index (χ3v) is 2.78. The maximum absolute atomic E-state index is 10.7. The standard InChI is InChI=1S/C5H8NO5P/c1-2(7)3(8)11-5(6)4(9)12(5)10/h2,7,10H,6H2,1H3. The fraction of sp³-hybridized carbons (Fsp3) is 0.600. The summed E-state index contributed by atoms with van der Waals surface area (Å²) in [5.41, 5.74) is 2.60. The number of hydrogen-bond acceptors (Lipinski definition) is 6. The van der Waals surface area contributed by atoms with Crippen LogP contribution in [-0.4, -0.2) is 33.1 Å². The van der Waals surface area contributed by atoms with Crippen molar-refractivity contribution in [2.45, 2.75) is 18.5 Å². The van der Waals surface area contributed by atoms with Crippen LogP contribution in [-0.2, 0) is 14.3 Å². The van der Waals surface area contributed by atoms with Crippen molar-refractivity contribution in [2.75, 3.05) is 0 Å². The summed E-state index contributed by atoms with van der Waals surface area (Å²) in [5.74, 6) is -1.01. The molecule has 4 N–H and O–H groups in total. The average molecular weight is 193 g/mol. The Balaban J connectivity index is 2.54. The maximum atomic E-state index is 10.7. The van der Waals surface area contributed by atoms with Gasteiger partial charge in [-0.25, -0.2) is 4.79 Å². The molecule has 6 nitrogen and oxygen atoms in total. The molecule has 0 bridgehead atoms. The number of ether oxygens (including phenoxy) is 1. The molecular weight excluding hydrogens is 185 g/mol. The van der Waals surface area contributed by atoms with Crippen molar-refractivity contribution in [3.05, 3.63) is 0 Å². The lowest BCUT2D eigenvalue weighted by molar-refractivity contribution is -0.160. The van der Waals surface area contributed by atoms with Gasteiger partial charge in [0.15, 0.2) is 8.15 Å². The second kappa shape index (κ2) is 2.74. The monoisotopic (exact) mass is 193 g/mol. The smallest absolute Gasteiger partial charge is 0.337 e. The Labute approximate surface area is 69.1 Å². The minimum absolute atomic E-state index is 0.688. The molecule has 1 saturated heterocycles. The lowest BCUT2D eigenvalue weighted by Crippen LogP contribution is -2.35. The Hall–Kier alpha value is -0.550. The molecule has 12 heavy (non-hydrogen) atoms. The van der Waals surface area contributed by atoms with Crippen molar-refractivity contribution < 1.29 is 24.3 Å². The van der Waals surface area contributed by atoms with Gasteiger partial charge in [0.25, 0.3) is 11.0 Å². The fourth-order valence-electron chi connectivity index (χ4n) is 0.540. The van der Waals surface area contributed by atoms with Crippen molar-refractivity contribution in [1.29, 1.82) is 0 Å². The number of nitrogens with two attached hydrogens (primary N) is 1. The molecule has 3 atom stereocenters. The highest BCUT2D eigenvalue weighted by Crippen LogP contribution is 2.64.